The van der Waals surface area contributed by atoms with Gasteiger partial charge in [0.05, 0.1) is 0 Å². The number of aromatic nitrogens is 3. The summed E-state index contributed by atoms with van der Waals surface area (Å²) in [6.07, 6.45) is 3.48. The van der Waals surface area contributed by atoms with Crippen molar-refractivity contribution >= 4 is 11.8 Å². The molecule has 0 fully saturated rings. The Bertz CT molecular complexity index is 482. The zero-order valence-electron chi connectivity index (χ0n) is 9.51. The maximum absolute atomic E-state index is 5.23. The number of nitrogens with one attached hydrogen (secondary N) is 2. The van der Waals surface area contributed by atoms with Crippen LogP contribution in [0.3, 0.4) is 0 Å². The first kappa shape index (κ1) is 11.3. The molecule has 0 amide bonds. The van der Waals surface area contributed by atoms with Gasteiger partial charge in [0, 0.05) is 24.6 Å². The molecule has 0 aromatic carbocycles. The highest BCUT2D eigenvalue weighted by molar-refractivity contribution is 5.39. The Hall–Kier alpha value is -2.21. The first-order valence-corrected chi connectivity index (χ1v) is 5.23. The van der Waals surface area contributed by atoms with E-state index in [1.165, 1.54) is 0 Å². The molecule has 6 heteroatoms. The quantitative estimate of drug-likeness (QED) is 0.538. The number of hydrogen-bond acceptors (Lipinski definition) is 6. The van der Waals surface area contributed by atoms with Crippen molar-refractivity contribution in [2.75, 3.05) is 10.7 Å². The third kappa shape index (κ3) is 3.12. The largest absolute Gasteiger partial charge is 0.366 e. The zero-order valence-corrected chi connectivity index (χ0v) is 9.51. The van der Waals surface area contributed by atoms with E-state index in [1.807, 2.05) is 25.3 Å². The lowest BCUT2D eigenvalue weighted by molar-refractivity contribution is 1.05. The van der Waals surface area contributed by atoms with Crippen LogP contribution >= 0.6 is 0 Å². The van der Waals surface area contributed by atoms with E-state index in [-0.39, 0.29) is 0 Å². The molecule has 0 aliphatic carbocycles. The van der Waals surface area contributed by atoms with Gasteiger partial charge >= 0.3 is 0 Å². The van der Waals surface area contributed by atoms with Crippen LogP contribution in [0.15, 0.2) is 30.6 Å². The van der Waals surface area contributed by atoms with Gasteiger partial charge in [-0.3, -0.25) is 10.4 Å². The van der Waals surface area contributed by atoms with Crippen molar-refractivity contribution in [1.82, 2.24) is 15.0 Å². The summed E-state index contributed by atoms with van der Waals surface area (Å²) < 4.78 is 0. The molecule has 0 aliphatic heterocycles. The Kier molecular flexibility index (Phi) is 3.46. The summed E-state index contributed by atoms with van der Waals surface area (Å²) in [5, 5.41) is 3.17. The van der Waals surface area contributed by atoms with Gasteiger partial charge in [-0.1, -0.05) is 6.07 Å². The van der Waals surface area contributed by atoms with Gasteiger partial charge in [-0.25, -0.2) is 10.8 Å². The van der Waals surface area contributed by atoms with Crippen molar-refractivity contribution in [3.8, 4) is 0 Å². The topological polar surface area (TPSA) is 88.8 Å². The third-order valence-corrected chi connectivity index (χ3v) is 2.23. The van der Waals surface area contributed by atoms with Gasteiger partial charge < -0.3 is 5.32 Å². The third-order valence-electron chi connectivity index (χ3n) is 2.23. The van der Waals surface area contributed by atoms with E-state index in [0.717, 1.165) is 11.3 Å². The number of rotatable bonds is 4. The lowest BCUT2D eigenvalue weighted by atomic mass is 10.2. The second-order valence-electron chi connectivity index (χ2n) is 3.57. The van der Waals surface area contributed by atoms with Crippen molar-refractivity contribution in [2.45, 2.75) is 13.5 Å². The first-order valence-electron chi connectivity index (χ1n) is 5.23. The standard InChI is InChI=1S/C11H14N6/c1-8-2-3-9(6-14-8)7-15-10-4-5-13-11(16-10)17-12/h2-6H,7,12H2,1H3,(H2,13,15,16,17). The molecular weight excluding hydrogens is 216 g/mol. The van der Waals surface area contributed by atoms with Crippen LogP contribution in [0.1, 0.15) is 11.3 Å². The summed E-state index contributed by atoms with van der Waals surface area (Å²) in [4.78, 5) is 12.3. The van der Waals surface area contributed by atoms with Gasteiger partial charge in [-0.15, -0.1) is 0 Å². The number of anilines is 2. The molecule has 0 spiro atoms. The molecule has 2 rings (SSSR count). The molecule has 0 unspecified atom stereocenters. The van der Waals surface area contributed by atoms with Crippen LogP contribution < -0.4 is 16.6 Å². The Labute approximate surface area is 99.3 Å². The number of hydrazine groups is 1. The minimum absolute atomic E-state index is 0.386. The molecule has 0 aliphatic rings. The second kappa shape index (κ2) is 5.22. The number of pyridine rings is 1. The SMILES string of the molecule is Cc1ccc(CNc2ccnc(NN)n2)cn1. The Morgan fingerprint density at radius 1 is 1.24 bits per heavy atom. The average molecular weight is 230 g/mol. The molecular formula is C11H14N6. The van der Waals surface area contributed by atoms with E-state index < -0.39 is 0 Å². The predicted molar refractivity (Wildman–Crippen MR) is 66.1 cm³/mol. The van der Waals surface area contributed by atoms with Gasteiger partial charge in [-0.2, -0.15) is 4.98 Å². The molecule has 0 saturated carbocycles. The molecule has 88 valence electrons. The van der Waals surface area contributed by atoms with Crippen molar-refractivity contribution in [2.24, 2.45) is 5.84 Å². The fourth-order valence-electron chi connectivity index (χ4n) is 1.32. The molecule has 0 atom stereocenters. The van der Waals surface area contributed by atoms with Gasteiger partial charge in [0.25, 0.3) is 0 Å². The summed E-state index contributed by atoms with van der Waals surface area (Å²) in [7, 11) is 0. The van der Waals surface area contributed by atoms with Crippen LogP contribution in [0.4, 0.5) is 11.8 Å². The van der Waals surface area contributed by atoms with E-state index in [9.17, 15) is 0 Å². The summed E-state index contributed by atoms with van der Waals surface area (Å²) >= 11 is 0. The smallest absolute Gasteiger partial charge is 0.239 e. The molecule has 0 radical (unpaired) electrons. The fraction of sp³-hybridized carbons (Fsp3) is 0.182. The van der Waals surface area contributed by atoms with Gasteiger partial charge in [0.1, 0.15) is 5.82 Å². The minimum Gasteiger partial charge on any atom is -0.366 e. The average Bonchev–Trinajstić information content (AvgIpc) is 2.38. The van der Waals surface area contributed by atoms with Crippen LogP contribution in [0, 0.1) is 6.92 Å². The lowest BCUT2D eigenvalue weighted by Crippen LogP contribution is -2.11. The molecule has 4 N–H and O–H groups in total. The summed E-state index contributed by atoms with van der Waals surface area (Å²) in [6, 6.07) is 5.78. The number of nitrogens with zero attached hydrogens (tertiary/aromatic N) is 3. The highest BCUT2D eigenvalue weighted by atomic mass is 15.3. The first-order chi connectivity index (χ1) is 8.28. The summed E-state index contributed by atoms with van der Waals surface area (Å²) in [5.41, 5.74) is 4.50. The minimum atomic E-state index is 0.386. The van der Waals surface area contributed by atoms with Crippen molar-refractivity contribution in [3.05, 3.63) is 41.9 Å². The van der Waals surface area contributed by atoms with E-state index in [0.29, 0.717) is 18.3 Å². The molecule has 0 saturated heterocycles. The van der Waals surface area contributed by atoms with Crippen LogP contribution in [0.25, 0.3) is 0 Å². The normalized spacial score (nSPS) is 10.0. The van der Waals surface area contributed by atoms with Crippen molar-refractivity contribution < 1.29 is 0 Å². The van der Waals surface area contributed by atoms with Crippen LogP contribution in [0.2, 0.25) is 0 Å². The number of nitrogen functional groups attached to an aromatic ring is 1. The van der Waals surface area contributed by atoms with Crippen LogP contribution in [-0.2, 0) is 6.54 Å². The number of nitrogens with two attached hydrogens (primary N) is 1. The van der Waals surface area contributed by atoms with E-state index >= 15 is 0 Å². The Morgan fingerprint density at radius 2 is 2.12 bits per heavy atom. The predicted octanol–water partition coefficient (Wildman–Crippen LogP) is 1.08. The van der Waals surface area contributed by atoms with E-state index in [2.05, 4.69) is 25.7 Å². The van der Waals surface area contributed by atoms with Gasteiger partial charge in [0.2, 0.25) is 5.95 Å². The molecule has 0 bridgehead atoms. The molecule has 6 nitrogen and oxygen atoms in total. The summed E-state index contributed by atoms with van der Waals surface area (Å²) in [6.45, 7) is 2.62. The Morgan fingerprint density at radius 3 is 2.82 bits per heavy atom. The monoisotopic (exact) mass is 230 g/mol. The van der Waals surface area contributed by atoms with Crippen LogP contribution in [-0.4, -0.2) is 15.0 Å². The number of hydrogen-bond donors (Lipinski definition) is 3. The van der Waals surface area contributed by atoms with Crippen molar-refractivity contribution in [3.63, 3.8) is 0 Å². The van der Waals surface area contributed by atoms with Crippen molar-refractivity contribution in [1.29, 1.82) is 0 Å². The zero-order chi connectivity index (χ0) is 12.1. The Balaban J connectivity index is 1.99. The molecule has 2 aromatic heterocycles. The number of aryl methyl sites for hydroxylation is 1. The fourth-order valence-corrected chi connectivity index (χ4v) is 1.32. The van der Waals surface area contributed by atoms with Crippen LogP contribution in [0.5, 0.6) is 0 Å². The summed E-state index contributed by atoms with van der Waals surface area (Å²) in [5.74, 6) is 6.33. The van der Waals surface area contributed by atoms with Gasteiger partial charge in [-0.05, 0) is 24.6 Å². The molecule has 2 heterocycles. The highest BCUT2D eigenvalue weighted by Crippen LogP contribution is 2.07. The van der Waals surface area contributed by atoms with E-state index in [4.69, 9.17) is 5.84 Å². The molecule has 17 heavy (non-hydrogen) atoms. The lowest BCUT2D eigenvalue weighted by Gasteiger charge is -2.06. The van der Waals surface area contributed by atoms with E-state index in [1.54, 1.807) is 12.3 Å². The van der Waals surface area contributed by atoms with Gasteiger partial charge in [0.15, 0.2) is 0 Å². The maximum Gasteiger partial charge on any atom is 0.239 e. The maximum atomic E-state index is 5.23. The highest BCUT2D eigenvalue weighted by Gasteiger charge is 1.98. The second-order valence-corrected chi connectivity index (χ2v) is 3.57. The molecule has 2 aromatic rings.